The van der Waals surface area contributed by atoms with Gasteiger partial charge in [-0.25, -0.2) is 18.7 Å². The molecule has 1 aromatic carbocycles. The van der Waals surface area contributed by atoms with Crippen molar-refractivity contribution in [3.8, 4) is 0 Å². The molecule has 1 heterocycles. The molecule has 0 spiro atoms. The lowest BCUT2D eigenvalue weighted by Crippen LogP contribution is -2.50. The summed E-state index contributed by atoms with van der Waals surface area (Å²) in [6.07, 6.45) is -2.49. The van der Waals surface area contributed by atoms with Gasteiger partial charge in [-0.3, -0.25) is 28.2 Å². The van der Waals surface area contributed by atoms with Crippen LogP contribution in [0.5, 0.6) is 0 Å². The Morgan fingerprint density at radius 1 is 1.02 bits per heavy atom. The van der Waals surface area contributed by atoms with Crippen molar-refractivity contribution in [1.82, 2.24) is 16.0 Å². The van der Waals surface area contributed by atoms with E-state index >= 15 is 0 Å². The molecule has 1 fully saturated rings. The molecule has 3 atom stereocenters. The zero-order chi connectivity index (χ0) is 36.0. The van der Waals surface area contributed by atoms with E-state index in [2.05, 4.69) is 16.0 Å². The fourth-order valence-corrected chi connectivity index (χ4v) is 6.63. The van der Waals surface area contributed by atoms with Crippen molar-refractivity contribution in [3.63, 3.8) is 0 Å². The molecule has 0 aromatic heterocycles. The van der Waals surface area contributed by atoms with Gasteiger partial charge in [-0.15, -0.1) is 0 Å². The molecule has 3 N–H and O–H groups in total. The minimum absolute atomic E-state index is 0.0374. The van der Waals surface area contributed by atoms with Crippen LogP contribution < -0.4 is 16.0 Å². The van der Waals surface area contributed by atoms with Crippen LogP contribution in [0.1, 0.15) is 53.5 Å². The fraction of sp³-hybridized carbons (Fsp3) is 0.600. The molecule has 15 nitrogen and oxygen atoms in total. The summed E-state index contributed by atoms with van der Waals surface area (Å²) in [5.74, 6) is -1.51. The number of hydrogen-bond donors (Lipinski definition) is 3. The van der Waals surface area contributed by atoms with E-state index in [1.54, 1.807) is 65.0 Å². The molecular weight excluding hydrogens is 689 g/mol. The summed E-state index contributed by atoms with van der Waals surface area (Å²) in [5, 5.41) is 7.25. The van der Waals surface area contributed by atoms with E-state index in [-0.39, 0.29) is 48.1 Å². The fourth-order valence-electron chi connectivity index (χ4n) is 3.66. The SMILES string of the molecule is CC(=O)SCCNC(=O)CCNC(=O)[C@@H]1OP(=O)(OCOC(=O)NC(CSC(=O)C(C)(C)C)C(=O)OCc2ccccc2)OCC1(C)C. The minimum atomic E-state index is -4.40. The Hall–Kier alpha value is -2.95. The Labute approximate surface area is 288 Å². The van der Waals surface area contributed by atoms with Gasteiger partial charge >= 0.3 is 19.9 Å². The first-order valence-electron chi connectivity index (χ1n) is 15.0. The maximum Gasteiger partial charge on any atom is 0.478 e. The number of nitrogens with one attached hydrogen (secondary N) is 3. The summed E-state index contributed by atoms with van der Waals surface area (Å²) in [6.45, 7) is 8.92. The van der Waals surface area contributed by atoms with Crippen LogP contribution in [0.25, 0.3) is 0 Å². The third-order valence-corrected chi connectivity index (χ3v) is 9.88. The maximum absolute atomic E-state index is 13.2. The average Bonchev–Trinajstić information content (AvgIpc) is 3.01. The Bertz CT molecular complexity index is 1340. The Morgan fingerprint density at radius 3 is 2.35 bits per heavy atom. The maximum atomic E-state index is 13.2. The van der Waals surface area contributed by atoms with Gasteiger partial charge in [-0.05, 0) is 5.56 Å². The lowest BCUT2D eigenvalue weighted by molar-refractivity contribution is -0.146. The number of carbonyl (C=O) groups excluding carboxylic acids is 6. The first-order chi connectivity index (χ1) is 22.4. The highest BCUT2D eigenvalue weighted by Crippen LogP contribution is 2.57. The number of carbonyl (C=O) groups is 6. The number of ether oxygens (including phenoxy) is 2. The summed E-state index contributed by atoms with van der Waals surface area (Å²) in [6, 6.07) is 7.60. The van der Waals surface area contributed by atoms with Crippen molar-refractivity contribution >= 4 is 65.5 Å². The van der Waals surface area contributed by atoms with Crippen LogP contribution in [0.2, 0.25) is 0 Å². The van der Waals surface area contributed by atoms with Crippen LogP contribution in [-0.4, -0.2) is 84.2 Å². The first kappa shape index (κ1) is 41.2. The number of thioether (sulfide) groups is 2. The van der Waals surface area contributed by atoms with E-state index in [0.717, 1.165) is 23.5 Å². The second-order valence-electron chi connectivity index (χ2n) is 12.2. The molecule has 48 heavy (non-hydrogen) atoms. The highest BCUT2D eigenvalue weighted by atomic mass is 32.2. The highest BCUT2D eigenvalue weighted by Gasteiger charge is 2.49. The van der Waals surface area contributed by atoms with E-state index in [9.17, 15) is 33.3 Å². The number of phosphoric ester groups is 1. The monoisotopic (exact) mass is 733 g/mol. The number of esters is 1. The van der Waals surface area contributed by atoms with Crippen LogP contribution in [0, 0.1) is 10.8 Å². The van der Waals surface area contributed by atoms with E-state index in [1.165, 1.54) is 6.92 Å². The zero-order valence-electron chi connectivity index (χ0n) is 27.9. The molecule has 1 aliphatic heterocycles. The number of hydrogen-bond acceptors (Lipinski definition) is 14. The Balaban J connectivity index is 1.89. The molecule has 0 saturated carbocycles. The van der Waals surface area contributed by atoms with E-state index in [1.807, 2.05) is 0 Å². The number of alkyl carbamates (subject to hydrolysis) is 1. The van der Waals surface area contributed by atoms with Crippen molar-refractivity contribution in [2.45, 2.75) is 66.7 Å². The smallest absolute Gasteiger partial charge is 0.459 e. The molecule has 1 aromatic rings. The van der Waals surface area contributed by atoms with Crippen molar-refractivity contribution in [1.29, 1.82) is 0 Å². The second kappa shape index (κ2) is 19.3. The third kappa shape index (κ3) is 15.1. The van der Waals surface area contributed by atoms with Crippen molar-refractivity contribution in [2.75, 3.05) is 38.0 Å². The third-order valence-electron chi connectivity index (χ3n) is 6.35. The molecule has 0 bridgehead atoms. The van der Waals surface area contributed by atoms with Crippen LogP contribution in [0.15, 0.2) is 30.3 Å². The van der Waals surface area contributed by atoms with E-state index in [4.69, 9.17) is 23.0 Å². The first-order valence-corrected chi connectivity index (χ1v) is 18.4. The van der Waals surface area contributed by atoms with Gasteiger partial charge in [0.2, 0.25) is 18.6 Å². The Morgan fingerprint density at radius 2 is 1.71 bits per heavy atom. The molecular formula is C30H44N3O12PS2. The number of benzene rings is 1. The van der Waals surface area contributed by atoms with Gasteiger partial charge in [0.15, 0.2) is 16.3 Å². The summed E-state index contributed by atoms with van der Waals surface area (Å²) in [5.41, 5.74) is -0.923. The normalized spacial score (nSPS) is 19.3. The molecule has 2 unspecified atom stereocenters. The van der Waals surface area contributed by atoms with E-state index < -0.39 is 55.6 Å². The van der Waals surface area contributed by atoms with Crippen LogP contribution in [-0.2, 0) is 58.2 Å². The zero-order valence-corrected chi connectivity index (χ0v) is 30.4. The van der Waals surface area contributed by atoms with Gasteiger partial charge < -0.3 is 25.4 Å². The van der Waals surface area contributed by atoms with Gasteiger partial charge in [-0.1, -0.05) is 88.5 Å². The van der Waals surface area contributed by atoms with E-state index in [0.29, 0.717) is 17.9 Å². The molecule has 2 rings (SSSR count). The lowest BCUT2D eigenvalue weighted by atomic mass is 9.87. The van der Waals surface area contributed by atoms with Crippen LogP contribution >= 0.6 is 31.3 Å². The predicted octanol–water partition coefficient (Wildman–Crippen LogP) is 3.56. The van der Waals surface area contributed by atoms with Gasteiger partial charge in [0.25, 0.3) is 0 Å². The van der Waals surface area contributed by atoms with Gasteiger partial charge in [-0.2, -0.15) is 0 Å². The predicted molar refractivity (Wildman–Crippen MR) is 179 cm³/mol. The largest absolute Gasteiger partial charge is 0.478 e. The minimum Gasteiger partial charge on any atom is -0.459 e. The number of amides is 3. The average molecular weight is 734 g/mol. The summed E-state index contributed by atoms with van der Waals surface area (Å²) in [4.78, 5) is 73.7. The van der Waals surface area contributed by atoms with Crippen molar-refractivity contribution in [3.05, 3.63) is 35.9 Å². The van der Waals surface area contributed by atoms with Crippen molar-refractivity contribution in [2.24, 2.45) is 10.8 Å². The lowest BCUT2D eigenvalue weighted by Gasteiger charge is -2.39. The van der Waals surface area contributed by atoms with Gasteiger partial charge in [0.1, 0.15) is 12.6 Å². The van der Waals surface area contributed by atoms with Crippen molar-refractivity contribution < 1.29 is 56.4 Å². The molecule has 1 saturated heterocycles. The molecule has 1 aliphatic rings. The van der Waals surface area contributed by atoms with Gasteiger partial charge in [0.05, 0.1) is 6.61 Å². The summed E-state index contributed by atoms with van der Waals surface area (Å²) >= 11 is 1.93. The number of phosphoric acid groups is 1. The molecule has 268 valence electrons. The summed E-state index contributed by atoms with van der Waals surface area (Å²) < 4.78 is 39.2. The molecule has 18 heteroatoms. The molecule has 0 aliphatic carbocycles. The van der Waals surface area contributed by atoms with Gasteiger partial charge in [0, 0.05) is 48.8 Å². The second-order valence-corrected chi connectivity index (χ2v) is 16.1. The number of rotatable bonds is 16. The molecule has 3 amide bonds. The molecule has 0 radical (unpaired) electrons. The van der Waals surface area contributed by atoms with Crippen LogP contribution in [0.4, 0.5) is 4.79 Å². The Kier molecular flexibility index (Phi) is 16.6. The summed E-state index contributed by atoms with van der Waals surface area (Å²) in [7, 11) is -4.40. The topological polar surface area (TPSA) is 202 Å². The van der Waals surface area contributed by atoms with Crippen LogP contribution in [0.3, 0.4) is 0 Å². The quantitative estimate of drug-likeness (QED) is 0.0964. The standard InChI is InChI=1S/C30H44N3O12PS2/c1-20(34)47-15-14-31-23(35)12-13-32-25(36)24-30(5,6)18-43-46(40,45-24)44-19-42-28(39)33-22(17-48-27(38)29(2,3)4)26(37)41-16-21-10-8-7-9-11-21/h7-11,22,24H,12-19H2,1-6H3,(H,31,35)(H,32,36)(H,33,39)/t22?,24-,46?/m0/s1. The highest BCUT2D eigenvalue weighted by molar-refractivity contribution is 8.13.